The van der Waals surface area contributed by atoms with Crippen LogP contribution in [0.5, 0.6) is 0 Å². The summed E-state index contributed by atoms with van der Waals surface area (Å²) in [5, 5.41) is 0. The molecule has 0 spiro atoms. The Morgan fingerprint density at radius 2 is 1.00 bits per heavy atom. The molecule has 0 N–H and O–H groups in total. The van der Waals surface area contributed by atoms with Crippen LogP contribution in [0.2, 0.25) is 0 Å². The fourth-order valence-electron chi connectivity index (χ4n) is 0. The standard InChI is InChI=1S/Al.Cu.Pb.H4Si.5H/h;;;1H4;;;;;. The zero-order chi connectivity index (χ0) is 0. The maximum atomic E-state index is 0. The zero-order valence-electron chi connectivity index (χ0n) is 1.01. The van der Waals surface area contributed by atoms with Crippen LogP contribution in [0.1, 0.15) is 0 Å². The van der Waals surface area contributed by atoms with Crippen LogP contribution in [-0.2, 0) is 17.1 Å². The van der Waals surface area contributed by atoms with Crippen LogP contribution in [0, 0.1) is 0 Å². The molecule has 0 bridgehead atoms. The molecule has 0 aromatic rings. The molecule has 3 radical (unpaired) electrons. The Kier molecular flexibility index (Phi) is 165. The van der Waals surface area contributed by atoms with Gasteiger partial charge in [0.1, 0.15) is 0 Å². The molecule has 0 aromatic carbocycles. The fraction of sp³-hybridized carbons (Fsp3) is 0. The molecule has 0 aliphatic rings. The largest absolute Gasteiger partial charge is 0.0149 e. The Balaban J connectivity index is 0. The van der Waals surface area contributed by atoms with E-state index < -0.39 is 0 Å². The third-order valence-corrected chi connectivity index (χ3v) is 0. The molecule has 31 valence electrons. The summed E-state index contributed by atoms with van der Waals surface area (Å²) < 4.78 is 0. The van der Waals surface area contributed by atoms with E-state index in [1.165, 1.54) is 0 Å². The van der Waals surface area contributed by atoms with E-state index in [9.17, 15) is 0 Å². The van der Waals surface area contributed by atoms with Gasteiger partial charge in [-0.15, -0.1) is 0 Å². The molecule has 0 saturated heterocycles. The Hall–Kier alpha value is 2.19. The molecule has 0 saturated carbocycles. The second kappa shape index (κ2) is 19.0. The molecule has 0 unspecified atom stereocenters. The number of hydrogen-bond donors (Lipinski definition) is 0. The summed E-state index contributed by atoms with van der Waals surface area (Å²) in [4.78, 5) is 0. The van der Waals surface area contributed by atoms with E-state index in [0.29, 0.717) is 0 Å². The number of rotatable bonds is 0. The first-order valence-electron chi connectivity index (χ1n) is 0. The molecule has 0 heterocycles. The first-order valence-corrected chi connectivity index (χ1v) is 0. The molecular formula is H9AlCuPbSi. The van der Waals surface area contributed by atoms with Crippen molar-refractivity contribution in [2.24, 2.45) is 0 Å². The number of hydrogen-bond acceptors (Lipinski definition) is 0. The molecule has 0 atom stereocenters. The van der Waals surface area contributed by atoms with Crippen LogP contribution in [-0.4, -0.2) is 55.6 Å². The van der Waals surface area contributed by atoms with E-state index >= 15 is 0 Å². The molecule has 4 heteroatoms. The van der Waals surface area contributed by atoms with Crippen molar-refractivity contribution in [1.29, 1.82) is 0 Å². The normalized spacial score (nSPS) is 0. The minimum absolute atomic E-state index is 0. The molecular weight excluding hydrogens is 326 g/mol. The van der Waals surface area contributed by atoms with Gasteiger partial charge in [-0.1, -0.05) is 0 Å². The zero-order valence-corrected chi connectivity index (χ0v) is 7.45. The van der Waals surface area contributed by atoms with Gasteiger partial charge in [0.15, 0.2) is 17.4 Å². The Labute approximate surface area is 71.9 Å². The molecule has 0 fully saturated rings. The second-order valence-electron chi connectivity index (χ2n) is 0. The maximum Gasteiger partial charge on any atom is -0.0149 e. The van der Waals surface area contributed by atoms with Gasteiger partial charge in [-0.2, -0.15) is 0 Å². The Bertz CT molecular complexity index is 8.00. The van der Waals surface area contributed by atoms with Crippen molar-refractivity contribution in [2.75, 3.05) is 0 Å². The van der Waals surface area contributed by atoms with Gasteiger partial charge in [-0.25, -0.2) is 0 Å². The van der Waals surface area contributed by atoms with Crippen LogP contribution in [0.15, 0.2) is 0 Å². The van der Waals surface area contributed by atoms with Crippen molar-refractivity contribution in [3.63, 3.8) is 0 Å². The van der Waals surface area contributed by atoms with Crippen molar-refractivity contribution >= 4 is 55.6 Å². The third-order valence-electron chi connectivity index (χ3n) is 0. The van der Waals surface area contributed by atoms with Gasteiger partial charge in [-0.05, 0) is 11.0 Å². The van der Waals surface area contributed by atoms with Crippen molar-refractivity contribution in [3.8, 4) is 0 Å². The Morgan fingerprint density at radius 1 is 1.00 bits per heavy atom. The molecule has 0 aliphatic heterocycles. The van der Waals surface area contributed by atoms with E-state index in [-0.39, 0.29) is 72.7 Å². The topological polar surface area (TPSA) is 0 Å². The molecule has 0 nitrogen and oxygen atoms in total. The summed E-state index contributed by atoms with van der Waals surface area (Å²) in [5.74, 6) is 0. The van der Waals surface area contributed by atoms with Gasteiger partial charge in [0, 0.05) is 17.1 Å². The summed E-state index contributed by atoms with van der Waals surface area (Å²) in [5.41, 5.74) is 0. The van der Waals surface area contributed by atoms with E-state index in [2.05, 4.69) is 0 Å². The van der Waals surface area contributed by atoms with Gasteiger partial charge in [0.05, 0.1) is 0 Å². The quantitative estimate of drug-likeness (QED) is 0.402. The summed E-state index contributed by atoms with van der Waals surface area (Å²) in [6.45, 7) is 0. The molecule has 0 amide bonds. The SMILES string of the molecule is [AlH3].[Cu].[PbH2].[SiH4]. The first-order chi connectivity index (χ1) is 0. The van der Waals surface area contributed by atoms with Crippen LogP contribution in [0.4, 0.5) is 0 Å². The van der Waals surface area contributed by atoms with Gasteiger partial charge >= 0.3 is 27.3 Å². The molecule has 0 aromatic heterocycles. The van der Waals surface area contributed by atoms with Crippen LogP contribution >= 0.6 is 0 Å². The summed E-state index contributed by atoms with van der Waals surface area (Å²) in [7, 11) is 0. The predicted octanol–water partition coefficient (Wildman–Crippen LogP) is -3.55. The van der Waals surface area contributed by atoms with Crippen LogP contribution in [0.3, 0.4) is 0 Å². The maximum absolute atomic E-state index is 0. The van der Waals surface area contributed by atoms with Gasteiger partial charge in [0.2, 0.25) is 0 Å². The van der Waals surface area contributed by atoms with Gasteiger partial charge < -0.3 is 0 Å². The minimum atomic E-state index is 0. The molecule has 0 aliphatic carbocycles. The molecule has 0 rings (SSSR count). The third kappa shape index (κ3) is 8.89. The summed E-state index contributed by atoms with van der Waals surface area (Å²) >= 11 is 0. The van der Waals surface area contributed by atoms with E-state index in [1.54, 1.807) is 0 Å². The minimum Gasteiger partial charge on any atom is -0.0149 e. The van der Waals surface area contributed by atoms with E-state index in [4.69, 9.17) is 0 Å². The monoisotopic (exact) mass is 335 g/mol. The van der Waals surface area contributed by atoms with Crippen molar-refractivity contribution in [3.05, 3.63) is 0 Å². The van der Waals surface area contributed by atoms with Crippen LogP contribution < -0.4 is 0 Å². The van der Waals surface area contributed by atoms with Crippen molar-refractivity contribution < 1.29 is 17.1 Å². The van der Waals surface area contributed by atoms with E-state index in [1.807, 2.05) is 0 Å². The second-order valence-corrected chi connectivity index (χ2v) is 0. The predicted molar refractivity (Wildman–Crippen MR) is 29.8 cm³/mol. The Morgan fingerprint density at radius 3 is 1.00 bits per heavy atom. The van der Waals surface area contributed by atoms with Crippen molar-refractivity contribution in [1.82, 2.24) is 0 Å². The average Bonchev–Trinajstić information content (AvgIpc) is 0. The van der Waals surface area contributed by atoms with E-state index in [0.717, 1.165) is 0 Å². The van der Waals surface area contributed by atoms with Crippen LogP contribution in [0.25, 0.3) is 0 Å². The fourth-order valence-corrected chi connectivity index (χ4v) is 0. The smallest absolute Gasteiger partial charge is 0.0149 e. The first kappa shape index (κ1) is 34.8. The van der Waals surface area contributed by atoms with Gasteiger partial charge in [-0.3, -0.25) is 0 Å². The average molecular weight is 335 g/mol. The summed E-state index contributed by atoms with van der Waals surface area (Å²) in [6, 6.07) is 0. The molecule has 4 heavy (non-hydrogen) atoms. The van der Waals surface area contributed by atoms with Crippen molar-refractivity contribution in [2.45, 2.75) is 0 Å². The van der Waals surface area contributed by atoms with Gasteiger partial charge in [0.25, 0.3) is 0 Å². The summed E-state index contributed by atoms with van der Waals surface area (Å²) in [6.07, 6.45) is 0.